The van der Waals surface area contributed by atoms with Crippen LogP contribution in [0.25, 0.3) is 0 Å². The topological polar surface area (TPSA) is 78.9 Å². The number of allylic oxidation sites excluding steroid dienone is 10. The van der Waals surface area contributed by atoms with Crippen LogP contribution in [0.4, 0.5) is 0 Å². The molecule has 0 aromatic carbocycles. The molecule has 0 aromatic rings. The number of carbonyl (C=O) groups is 3. The van der Waals surface area contributed by atoms with Gasteiger partial charge in [-0.3, -0.25) is 14.4 Å². The maximum absolute atomic E-state index is 12.7. The molecular weight excluding hydrogens is 685 g/mol. The summed E-state index contributed by atoms with van der Waals surface area (Å²) in [6, 6.07) is 0. The normalized spacial score (nSPS) is 12.6. The summed E-state index contributed by atoms with van der Waals surface area (Å²) in [6.45, 7) is 6.35. The summed E-state index contributed by atoms with van der Waals surface area (Å²) in [7, 11) is 0. The highest BCUT2D eigenvalue weighted by Crippen LogP contribution is 2.14. The molecule has 0 aromatic heterocycles. The maximum Gasteiger partial charge on any atom is 0.306 e. The Bertz CT molecular complexity index is 1020. The van der Waals surface area contributed by atoms with Gasteiger partial charge in [0.1, 0.15) is 13.2 Å². The van der Waals surface area contributed by atoms with E-state index in [2.05, 4.69) is 81.5 Å². The van der Waals surface area contributed by atoms with E-state index in [1.807, 2.05) is 0 Å². The SMILES string of the molecule is CC/C=C\C/C=C\C/C=C\CCCCC(=O)OC(COC(=O)CCCCCCCCC/C=C\C/C=C\CC)COC(=O)CCCCCCCCCCCCC. The van der Waals surface area contributed by atoms with E-state index < -0.39 is 6.10 Å². The lowest BCUT2D eigenvalue weighted by Crippen LogP contribution is -2.30. The Labute approximate surface area is 339 Å². The Morgan fingerprint density at radius 1 is 0.382 bits per heavy atom. The van der Waals surface area contributed by atoms with Gasteiger partial charge in [0, 0.05) is 19.3 Å². The van der Waals surface area contributed by atoms with Crippen molar-refractivity contribution in [3.05, 3.63) is 60.8 Å². The van der Waals surface area contributed by atoms with Gasteiger partial charge >= 0.3 is 17.9 Å². The molecule has 1 atom stereocenters. The molecule has 0 spiro atoms. The molecule has 0 heterocycles. The van der Waals surface area contributed by atoms with E-state index >= 15 is 0 Å². The van der Waals surface area contributed by atoms with Gasteiger partial charge in [-0.1, -0.05) is 178 Å². The molecule has 0 amide bonds. The van der Waals surface area contributed by atoms with Crippen molar-refractivity contribution in [1.82, 2.24) is 0 Å². The number of hydrogen-bond donors (Lipinski definition) is 0. The van der Waals surface area contributed by atoms with E-state index in [0.717, 1.165) is 89.9 Å². The minimum Gasteiger partial charge on any atom is -0.462 e. The van der Waals surface area contributed by atoms with E-state index in [4.69, 9.17) is 14.2 Å². The van der Waals surface area contributed by atoms with Crippen LogP contribution in [0.5, 0.6) is 0 Å². The first-order valence-corrected chi connectivity index (χ1v) is 22.8. The van der Waals surface area contributed by atoms with E-state index in [9.17, 15) is 14.4 Å². The third-order valence-corrected chi connectivity index (χ3v) is 9.52. The summed E-state index contributed by atoms with van der Waals surface area (Å²) < 4.78 is 16.7. The second kappa shape index (κ2) is 43.8. The van der Waals surface area contributed by atoms with Gasteiger partial charge in [-0.15, -0.1) is 0 Å². The van der Waals surface area contributed by atoms with Crippen molar-refractivity contribution in [3.63, 3.8) is 0 Å². The number of rotatable bonds is 40. The van der Waals surface area contributed by atoms with Crippen LogP contribution >= 0.6 is 0 Å². The molecule has 6 heteroatoms. The molecule has 0 aliphatic carbocycles. The Kier molecular flexibility index (Phi) is 41.5. The average Bonchev–Trinajstić information content (AvgIpc) is 3.18. The molecule has 0 aliphatic rings. The lowest BCUT2D eigenvalue weighted by atomic mass is 10.1. The fourth-order valence-corrected chi connectivity index (χ4v) is 6.14. The Hall–Kier alpha value is -2.89. The molecule has 0 aliphatic heterocycles. The molecule has 1 unspecified atom stereocenters. The van der Waals surface area contributed by atoms with Gasteiger partial charge in [0.05, 0.1) is 0 Å². The van der Waals surface area contributed by atoms with Gasteiger partial charge in [0.2, 0.25) is 0 Å². The zero-order valence-electron chi connectivity index (χ0n) is 35.9. The molecule has 0 saturated carbocycles. The third-order valence-electron chi connectivity index (χ3n) is 9.52. The smallest absolute Gasteiger partial charge is 0.306 e. The van der Waals surface area contributed by atoms with Crippen molar-refractivity contribution in [3.8, 4) is 0 Å². The fraction of sp³-hybridized carbons (Fsp3) is 0.735. The summed E-state index contributed by atoms with van der Waals surface area (Å²) in [5.41, 5.74) is 0. The van der Waals surface area contributed by atoms with Crippen molar-refractivity contribution in [1.29, 1.82) is 0 Å². The highest BCUT2D eigenvalue weighted by molar-refractivity contribution is 5.71. The van der Waals surface area contributed by atoms with Crippen LogP contribution < -0.4 is 0 Å². The lowest BCUT2D eigenvalue weighted by Gasteiger charge is -2.18. The van der Waals surface area contributed by atoms with Crippen LogP contribution in [0.3, 0.4) is 0 Å². The van der Waals surface area contributed by atoms with Crippen LogP contribution in [0.1, 0.15) is 213 Å². The predicted molar refractivity (Wildman–Crippen MR) is 233 cm³/mol. The van der Waals surface area contributed by atoms with Crippen LogP contribution in [0.2, 0.25) is 0 Å². The quantitative estimate of drug-likeness (QED) is 0.0267. The number of hydrogen-bond acceptors (Lipinski definition) is 6. The largest absolute Gasteiger partial charge is 0.462 e. The molecule has 6 nitrogen and oxygen atoms in total. The van der Waals surface area contributed by atoms with Crippen molar-refractivity contribution in [2.75, 3.05) is 13.2 Å². The zero-order valence-corrected chi connectivity index (χ0v) is 35.9. The Morgan fingerprint density at radius 3 is 1.15 bits per heavy atom. The standard InChI is InChI=1S/C49H84O6/c1-4-7-10-13-16-19-22-24-25-28-30-33-36-39-42-48(51)54-45-46(44-53-47(50)41-38-35-32-29-26-21-18-15-12-9-6-3)55-49(52)43-40-37-34-31-27-23-20-17-14-11-8-5-2/h7-8,10-11,16-17,19-20,27,31,46H,4-6,9,12-15,18,21-26,28-30,32-45H2,1-3H3/b10-7-,11-8-,19-16-,20-17-,31-27-. The van der Waals surface area contributed by atoms with Gasteiger partial charge in [-0.25, -0.2) is 0 Å². The predicted octanol–water partition coefficient (Wildman–Crippen LogP) is 14.5. The van der Waals surface area contributed by atoms with Crippen LogP contribution in [0, 0.1) is 0 Å². The Morgan fingerprint density at radius 2 is 0.709 bits per heavy atom. The summed E-state index contributed by atoms with van der Waals surface area (Å²) >= 11 is 0. The highest BCUT2D eigenvalue weighted by Gasteiger charge is 2.19. The first-order valence-electron chi connectivity index (χ1n) is 22.8. The molecule has 55 heavy (non-hydrogen) atoms. The van der Waals surface area contributed by atoms with Crippen molar-refractivity contribution < 1.29 is 28.6 Å². The highest BCUT2D eigenvalue weighted by atomic mass is 16.6. The summed E-state index contributed by atoms with van der Waals surface area (Å²) in [5, 5.41) is 0. The van der Waals surface area contributed by atoms with Crippen molar-refractivity contribution in [2.24, 2.45) is 0 Å². The average molecular weight is 769 g/mol. The first-order chi connectivity index (χ1) is 27.0. The molecule has 0 fully saturated rings. The lowest BCUT2D eigenvalue weighted by molar-refractivity contribution is -0.167. The van der Waals surface area contributed by atoms with Crippen LogP contribution in [-0.4, -0.2) is 37.2 Å². The molecule has 0 rings (SSSR count). The second-order valence-corrected chi connectivity index (χ2v) is 14.9. The van der Waals surface area contributed by atoms with Crippen molar-refractivity contribution >= 4 is 17.9 Å². The van der Waals surface area contributed by atoms with Gasteiger partial charge in [-0.05, 0) is 77.0 Å². The molecule has 0 N–H and O–H groups in total. The summed E-state index contributed by atoms with van der Waals surface area (Å²) in [4.78, 5) is 37.7. The fourth-order valence-electron chi connectivity index (χ4n) is 6.14. The molecule has 0 saturated heterocycles. The summed E-state index contributed by atoms with van der Waals surface area (Å²) in [6.07, 6.45) is 52.1. The van der Waals surface area contributed by atoms with Crippen molar-refractivity contribution in [2.45, 2.75) is 219 Å². The summed E-state index contributed by atoms with van der Waals surface area (Å²) in [5.74, 6) is -0.943. The van der Waals surface area contributed by atoms with Gasteiger partial charge in [-0.2, -0.15) is 0 Å². The molecule has 0 bridgehead atoms. The van der Waals surface area contributed by atoms with E-state index in [1.165, 1.54) is 77.0 Å². The van der Waals surface area contributed by atoms with Gasteiger partial charge < -0.3 is 14.2 Å². The first kappa shape index (κ1) is 52.1. The number of esters is 3. The number of ether oxygens (including phenoxy) is 3. The second-order valence-electron chi connectivity index (χ2n) is 14.9. The Balaban J connectivity index is 4.43. The molecular formula is C49H84O6. The monoisotopic (exact) mass is 769 g/mol. The molecule has 0 radical (unpaired) electrons. The number of unbranched alkanes of at least 4 members (excludes halogenated alkanes) is 19. The minimum absolute atomic E-state index is 0.0912. The van der Waals surface area contributed by atoms with Crippen LogP contribution in [0.15, 0.2) is 60.8 Å². The van der Waals surface area contributed by atoms with E-state index in [0.29, 0.717) is 19.3 Å². The van der Waals surface area contributed by atoms with Gasteiger partial charge in [0.25, 0.3) is 0 Å². The van der Waals surface area contributed by atoms with E-state index in [-0.39, 0.29) is 37.5 Å². The maximum atomic E-state index is 12.7. The minimum atomic E-state index is -0.792. The third kappa shape index (κ3) is 42.1. The van der Waals surface area contributed by atoms with E-state index in [1.54, 1.807) is 0 Å². The zero-order chi connectivity index (χ0) is 40.1. The number of carbonyl (C=O) groups excluding carboxylic acids is 3. The molecule has 316 valence electrons. The van der Waals surface area contributed by atoms with Gasteiger partial charge in [0.15, 0.2) is 6.10 Å². The van der Waals surface area contributed by atoms with Crippen LogP contribution in [-0.2, 0) is 28.6 Å².